The second kappa shape index (κ2) is 10.9. The largest absolute Gasteiger partial charge is 0.740 e. The molecule has 0 aliphatic heterocycles. The van der Waals surface area contributed by atoms with Crippen LogP contribution in [0.3, 0.4) is 0 Å². The van der Waals surface area contributed by atoms with Crippen LogP contribution in [0.25, 0.3) is 17.3 Å². The second-order valence-corrected chi connectivity index (χ2v) is 10.2. The number of hydrogen-bond donors (Lipinski definition) is 3. The Morgan fingerprint density at radius 3 is 2.35 bits per heavy atom. The van der Waals surface area contributed by atoms with E-state index >= 15 is 0 Å². The summed E-state index contributed by atoms with van der Waals surface area (Å²) in [6.07, 6.45) is 0.274. The molecular formula is C22H28FN3O7S. The van der Waals surface area contributed by atoms with Gasteiger partial charge in [0.1, 0.15) is 17.2 Å². The van der Waals surface area contributed by atoms with Crippen LogP contribution < -0.4 is 9.04 Å². The molecule has 10 nitrogen and oxygen atoms in total. The summed E-state index contributed by atoms with van der Waals surface area (Å²) >= 11 is 0. The number of hydrogen-bond acceptors (Lipinski definition) is 7. The average Bonchev–Trinajstić information content (AvgIpc) is 2.71. The number of carbonyl (C=O) groups is 1. The fourth-order valence-electron chi connectivity index (χ4n) is 3.23. The molecule has 0 radical (unpaired) electrons. The predicted molar refractivity (Wildman–Crippen MR) is 124 cm³/mol. The lowest BCUT2D eigenvalue weighted by atomic mass is 9.97. The first-order valence-electron chi connectivity index (χ1n) is 10.4. The van der Waals surface area contributed by atoms with Crippen LogP contribution in [0.15, 0.2) is 30.3 Å². The lowest BCUT2D eigenvalue weighted by Crippen LogP contribution is -2.43. The highest BCUT2D eigenvalue weighted by Crippen LogP contribution is 2.30. The molecule has 1 aromatic carbocycles. The molecule has 12 heteroatoms. The third-order valence-corrected chi connectivity index (χ3v) is 6.15. The number of aliphatic carboxylic acids is 1. The van der Waals surface area contributed by atoms with Gasteiger partial charge in [0, 0.05) is 17.9 Å². The summed E-state index contributed by atoms with van der Waals surface area (Å²) in [5.41, 5.74) is 0.864. The van der Waals surface area contributed by atoms with E-state index in [0.717, 1.165) is 22.7 Å². The molecule has 2 atom stereocenters. The highest BCUT2D eigenvalue weighted by atomic mass is 32.2. The van der Waals surface area contributed by atoms with Gasteiger partial charge in [0.05, 0.1) is 37.5 Å². The molecule has 0 bridgehead atoms. The van der Waals surface area contributed by atoms with Gasteiger partial charge in [-0.15, -0.1) is 0 Å². The minimum absolute atomic E-state index is 0.0151. The van der Waals surface area contributed by atoms with E-state index in [4.69, 9.17) is 5.11 Å². The smallest absolute Gasteiger partial charge is 0.409 e. The van der Waals surface area contributed by atoms with Crippen LogP contribution in [0.1, 0.15) is 43.9 Å². The molecule has 0 unspecified atom stereocenters. The summed E-state index contributed by atoms with van der Waals surface area (Å²) in [6.45, 7) is 3.56. The highest BCUT2D eigenvalue weighted by Gasteiger charge is 2.30. The fraction of sp³-hybridized carbons (Fsp3) is 0.409. The van der Waals surface area contributed by atoms with E-state index in [1.165, 1.54) is 31.3 Å². The van der Waals surface area contributed by atoms with Crippen LogP contribution in [0.4, 0.5) is 10.3 Å². The van der Waals surface area contributed by atoms with E-state index in [9.17, 15) is 33.0 Å². The quantitative estimate of drug-likeness (QED) is 0.331. The SMILES string of the molecule is CC(C)c1nc(N(C)S(C)(=O)=O)[n+]([O-])c(-c2ccc(F)cc2)c1/C=C/[C@@H](O)C[C@@H](O)CC(=O)O. The first-order valence-corrected chi connectivity index (χ1v) is 12.2. The average molecular weight is 498 g/mol. The van der Waals surface area contributed by atoms with Crippen molar-refractivity contribution in [2.24, 2.45) is 0 Å². The van der Waals surface area contributed by atoms with Crippen molar-refractivity contribution in [1.82, 2.24) is 4.98 Å². The number of benzene rings is 1. The van der Waals surface area contributed by atoms with Gasteiger partial charge in [-0.3, -0.25) is 4.79 Å². The van der Waals surface area contributed by atoms with Crippen molar-refractivity contribution in [2.75, 3.05) is 17.6 Å². The van der Waals surface area contributed by atoms with Gasteiger partial charge in [-0.1, -0.05) is 24.9 Å². The zero-order chi connectivity index (χ0) is 25.8. The minimum Gasteiger partial charge on any atom is -0.740 e. The Morgan fingerprint density at radius 1 is 1.26 bits per heavy atom. The lowest BCUT2D eigenvalue weighted by Gasteiger charge is -2.22. The van der Waals surface area contributed by atoms with Gasteiger partial charge >= 0.3 is 11.9 Å². The van der Waals surface area contributed by atoms with E-state index in [1.54, 1.807) is 13.8 Å². The van der Waals surface area contributed by atoms with Crippen molar-refractivity contribution < 1.29 is 37.7 Å². The molecule has 2 aromatic rings. The molecule has 186 valence electrons. The van der Waals surface area contributed by atoms with Crippen LogP contribution in [-0.4, -0.2) is 60.2 Å². The molecule has 3 N–H and O–H groups in total. The molecule has 0 aliphatic carbocycles. The number of halogens is 1. The highest BCUT2D eigenvalue weighted by molar-refractivity contribution is 7.92. The van der Waals surface area contributed by atoms with Crippen LogP contribution in [-0.2, 0) is 14.8 Å². The number of carboxylic acid groups (broad SMARTS) is 1. The van der Waals surface area contributed by atoms with Crippen molar-refractivity contribution in [3.63, 3.8) is 0 Å². The maximum absolute atomic E-state index is 13.5. The second-order valence-electron chi connectivity index (χ2n) is 8.16. The number of aliphatic hydroxyl groups excluding tert-OH is 2. The summed E-state index contributed by atoms with van der Waals surface area (Å²) in [5.74, 6) is -2.44. The number of carboxylic acids is 1. The summed E-state index contributed by atoms with van der Waals surface area (Å²) in [5, 5.41) is 42.1. The number of rotatable bonds is 10. The third kappa shape index (κ3) is 6.72. The Kier molecular flexibility index (Phi) is 8.70. The Labute approximate surface area is 197 Å². The Morgan fingerprint density at radius 2 is 1.85 bits per heavy atom. The molecule has 0 spiro atoms. The number of aliphatic hydroxyl groups is 2. The van der Waals surface area contributed by atoms with Crippen molar-refractivity contribution in [3.05, 3.63) is 52.6 Å². The van der Waals surface area contributed by atoms with Crippen LogP contribution in [0.5, 0.6) is 0 Å². The third-order valence-electron chi connectivity index (χ3n) is 4.99. The standard InChI is InChI=1S/C22H28FN3O7S/c1-13(2)20-18(10-9-16(27)11-17(28)12-19(29)30)21(14-5-7-15(23)8-6-14)26(31)22(24-20)25(3)34(4,32)33/h5-10,13,16-17,27-28H,11-12H2,1-4H3,(H,29,30)/b10-9+/t16-,17-/m1/s1. The Bertz CT molecular complexity index is 1170. The van der Waals surface area contributed by atoms with E-state index in [-0.39, 0.29) is 29.2 Å². The van der Waals surface area contributed by atoms with Crippen molar-refractivity contribution in [3.8, 4) is 11.3 Å². The van der Waals surface area contributed by atoms with Crippen molar-refractivity contribution >= 4 is 28.0 Å². The van der Waals surface area contributed by atoms with Gasteiger partial charge in [0.25, 0.3) is 10.0 Å². The fourth-order valence-corrected chi connectivity index (χ4v) is 3.64. The number of sulfonamides is 1. The van der Waals surface area contributed by atoms with E-state index in [0.29, 0.717) is 10.4 Å². The molecule has 1 aromatic heterocycles. The van der Waals surface area contributed by atoms with Crippen LogP contribution in [0.2, 0.25) is 0 Å². The monoisotopic (exact) mass is 497 g/mol. The Balaban J connectivity index is 2.71. The van der Waals surface area contributed by atoms with Crippen molar-refractivity contribution in [2.45, 2.75) is 44.8 Å². The molecular weight excluding hydrogens is 469 g/mol. The van der Waals surface area contributed by atoms with Crippen molar-refractivity contribution in [1.29, 1.82) is 0 Å². The minimum atomic E-state index is -3.83. The molecule has 0 fully saturated rings. The maximum atomic E-state index is 13.5. The molecule has 0 amide bonds. The Hall–Kier alpha value is -3.09. The number of aromatic nitrogens is 2. The normalized spacial score (nSPS) is 13.9. The molecule has 34 heavy (non-hydrogen) atoms. The van der Waals surface area contributed by atoms with Gasteiger partial charge in [0.15, 0.2) is 0 Å². The maximum Gasteiger partial charge on any atom is 0.409 e. The first kappa shape index (κ1) is 27.2. The zero-order valence-corrected chi connectivity index (χ0v) is 20.0. The molecule has 2 rings (SSSR count). The lowest BCUT2D eigenvalue weighted by molar-refractivity contribution is -0.582. The predicted octanol–water partition coefficient (Wildman–Crippen LogP) is 1.64. The number of nitrogens with zero attached hydrogens (tertiary/aromatic N) is 3. The number of anilines is 1. The summed E-state index contributed by atoms with van der Waals surface area (Å²) in [4.78, 5) is 15.0. The van der Waals surface area contributed by atoms with Crippen LogP contribution >= 0.6 is 0 Å². The van der Waals surface area contributed by atoms with E-state index in [2.05, 4.69) is 4.98 Å². The zero-order valence-electron chi connectivity index (χ0n) is 19.2. The molecule has 0 saturated heterocycles. The molecule has 1 heterocycles. The van der Waals surface area contributed by atoms with Gasteiger partial charge in [-0.05, 0) is 30.3 Å². The summed E-state index contributed by atoms with van der Waals surface area (Å²) in [6, 6.07) is 5.01. The summed E-state index contributed by atoms with van der Waals surface area (Å²) in [7, 11) is -2.64. The first-order chi connectivity index (χ1) is 15.7. The van der Waals surface area contributed by atoms with Gasteiger partial charge < -0.3 is 20.5 Å². The van der Waals surface area contributed by atoms with E-state index < -0.39 is 46.4 Å². The molecule has 0 aliphatic rings. The van der Waals surface area contributed by atoms with Gasteiger partial charge in [-0.2, -0.15) is 12.7 Å². The topological polar surface area (TPSA) is 155 Å². The van der Waals surface area contributed by atoms with Gasteiger partial charge in [0.2, 0.25) is 0 Å². The van der Waals surface area contributed by atoms with E-state index in [1.807, 2.05) is 0 Å². The van der Waals surface area contributed by atoms with Gasteiger partial charge in [-0.25, -0.2) is 9.12 Å². The van der Waals surface area contributed by atoms with Crippen LogP contribution in [0, 0.1) is 11.0 Å². The molecule has 0 saturated carbocycles. The summed E-state index contributed by atoms with van der Waals surface area (Å²) < 4.78 is 38.8.